The van der Waals surface area contributed by atoms with E-state index in [9.17, 15) is 9.59 Å². The lowest BCUT2D eigenvalue weighted by Gasteiger charge is -2.07. The van der Waals surface area contributed by atoms with Crippen molar-refractivity contribution in [2.45, 2.75) is 13.3 Å². The van der Waals surface area contributed by atoms with E-state index in [2.05, 4.69) is 26.6 Å². The Balaban J connectivity index is 1.89. The first-order valence-corrected chi connectivity index (χ1v) is 8.05. The van der Waals surface area contributed by atoms with E-state index in [4.69, 9.17) is 0 Å². The number of carbonyl (C=O) groups is 2. The molecule has 2 aromatic rings. The van der Waals surface area contributed by atoms with Crippen molar-refractivity contribution in [2.75, 3.05) is 11.9 Å². The largest absolute Gasteiger partial charge is 0.352 e. The number of hydrogen-bond donors (Lipinski definition) is 2. The maximum Gasteiger partial charge on any atom is 0.251 e. The van der Waals surface area contributed by atoms with E-state index in [1.54, 1.807) is 35.6 Å². The van der Waals surface area contributed by atoms with Crippen LogP contribution in [0.2, 0.25) is 0 Å². The van der Waals surface area contributed by atoms with Crippen molar-refractivity contribution in [2.24, 2.45) is 0 Å². The lowest BCUT2D eigenvalue weighted by molar-refractivity contribution is -0.114. The average molecular weight is 367 g/mol. The van der Waals surface area contributed by atoms with Crippen LogP contribution in [-0.4, -0.2) is 18.4 Å². The molecule has 0 saturated heterocycles. The van der Waals surface area contributed by atoms with E-state index in [1.165, 1.54) is 11.8 Å². The fourth-order valence-electron chi connectivity index (χ4n) is 1.83. The van der Waals surface area contributed by atoms with Gasteiger partial charge in [0.15, 0.2) is 0 Å². The van der Waals surface area contributed by atoms with Crippen LogP contribution < -0.4 is 10.6 Å². The Bertz CT molecular complexity index is 655. The molecule has 0 bridgehead atoms. The summed E-state index contributed by atoms with van der Waals surface area (Å²) >= 11 is 5.08. The van der Waals surface area contributed by atoms with Crippen LogP contribution in [0.4, 0.5) is 5.69 Å². The Kier molecular flexibility index (Phi) is 5.52. The lowest BCUT2D eigenvalue weighted by Crippen LogP contribution is -2.25. The van der Waals surface area contributed by atoms with Crippen molar-refractivity contribution in [3.63, 3.8) is 0 Å². The first-order chi connectivity index (χ1) is 10.0. The Labute approximate surface area is 135 Å². The molecule has 0 aliphatic rings. The molecule has 2 N–H and O–H groups in total. The third kappa shape index (κ3) is 4.99. The van der Waals surface area contributed by atoms with Gasteiger partial charge in [0.05, 0.1) is 3.79 Å². The Morgan fingerprint density at radius 1 is 1.24 bits per heavy atom. The van der Waals surface area contributed by atoms with Crippen LogP contribution in [0.25, 0.3) is 0 Å². The molecule has 0 fully saturated rings. The number of carbonyl (C=O) groups excluding carboxylic acids is 2. The third-order valence-electron chi connectivity index (χ3n) is 2.73. The van der Waals surface area contributed by atoms with Crippen molar-refractivity contribution in [1.29, 1.82) is 0 Å². The van der Waals surface area contributed by atoms with Gasteiger partial charge in [0.1, 0.15) is 0 Å². The zero-order valence-corrected chi connectivity index (χ0v) is 13.9. The summed E-state index contributed by atoms with van der Waals surface area (Å²) in [5, 5.41) is 5.54. The van der Waals surface area contributed by atoms with Gasteiger partial charge in [-0.2, -0.15) is 0 Å². The highest BCUT2D eigenvalue weighted by atomic mass is 79.9. The predicted molar refractivity (Wildman–Crippen MR) is 88.8 cm³/mol. The van der Waals surface area contributed by atoms with Crippen molar-refractivity contribution in [3.8, 4) is 0 Å². The number of hydrogen-bond acceptors (Lipinski definition) is 3. The smallest absolute Gasteiger partial charge is 0.251 e. The summed E-state index contributed by atoms with van der Waals surface area (Å²) in [4.78, 5) is 24.3. The molecular formula is C15H15BrN2O2S. The summed E-state index contributed by atoms with van der Waals surface area (Å²) in [5.74, 6) is -0.298. The molecule has 6 heteroatoms. The maximum absolute atomic E-state index is 12.0. The van der Waals surface area contributed by atoms with E-state index in [-0.39, 0.29) is 11.8 Å². The van der Waals surface area contributed by atoms with Gasteiger partial charge in [0.25, 0.3) is 5.91 Å². The summed E-state index contributed by atoms with van der Waals surface area (Å²) in [7, 11) is 0. The van der Waals surface area contributed by atoms with Crippen molar-refractivity contribution in [3.05, 3.63) is 50.6 Å². The molecule has 1 aromatic carbocycles. The van der Waals surface area contributed by atoms with E-state index < -0.39 is 0 Å². The predicted octanol–water partition coefficient (Wildman–Crippen LogP) is 3.44. The van der Waals surface area contributed by atoms with Crippen molar-refractivity contribution >= 4 is 44.8 Å². The molecule has 0 aliphatic carbocycles. The summed E-state index contributed by atoms with van der Waals surface area (Å²) in [6.07, 6.45) is 0.799. The summed E-state index contributed by atoms with van der Waals surface area (Å²) in [6.45, 7) is 2.02. The minimum atomic E-state index is -0.157. The molecular weight excluding hydrogens is 352 g/mol. The molecule has 0 atom stereocenters. The van der Waals surface area contributed by atoms with E-state index in [0.29, 0.717) is 17.8 Å². The van der Waals surface area contributed by atoms with Gasteiger partial charge in [0, 0.05) is 29.6 Å². The molecule has 0 saturated carbocycles. The van der Waals surface area contributed by atoms with Gasteiger partial charge in [-0.1, -0.05) is 6.07 Å². The molecule has 2 amide bonds. The zero-order chi connectivity index (χ0) is 15.2. The molecule has 0 aliphatic heterocycles. The minimum Gasteiger partial charge on any atom is -0.352 e. The van der Waals surface area contributed by atoms with Gasteiger partial charge < -0.3 is 10.6 Å². The summed E-state index contributed by atoms with van der Waals surface area (Å²) in [5.41, 5.74) is 1.16. The topological polar surface area (TPSA) is 58.2 Å². The highest BCUT2D eigenvalue weighted by molar-refractivity contribution is 9.11. The van der Waals surface area contributed by atoms with Crippen LogP contribution in [0.1, 0.15) is 22.2 Å². The number of benzene rings is 1. The third-order valence-corrected chi connectivity index (χ3v) is 4.41. The Morgan fingerprint density at radius 2 is 2.05 bits per heavy atom. The molecule has 0 spiro atoms. The number of amides is 2. The van der Waals surface area contributed by atoms with E-state index in [1.807, 2.05) is 12.1 Å². The molecule has 0 unspecified atom stereocenters. The average Bonchev–Trinajstić information content (AvgIpc) is 2.84. The molecule has 110 valence electrons. The fraction of sp³-hybridized carbons (Fsp3) is 0.200. The van der Waals surface area contributed by atoms with Crippen LogP contribution >= 0.6 is 27.3 Å². The van der Waals surface area contributed by atoms with Crippen LogP contribution in [-0.2, 0) is 11.2 Å². The molecule has 0 radical (unpaired) electrons. The lowest BCUT2D eigenvalue weighted by atomic mass is 10.2. The van der Waals surface area contributed by atoms with Crippen molar-refractivity contribution < 1.29 is 9.59 Å². The zero-order valence-electron chi connectivity index (χ0n) is 11.5. The fourth-order valence-corrected chi connectivity index (χ4v) is 3.31. The van der Waals surface area contributed by atoms with Gasteiger partial charge in [0.2, 0.25) is 5.91 Å². The highest BCUT2D eigenvalue weighted by Crippen LogP contribution is 2.22. The maximum atomic E-state index is 12.0. The van der Waals surface area contributed by atoms with Crippen LogP contribution in [0, 0.1) is 0 Å². The molecule has 2 rings (SSSR count). The quantitative estimate of drug-likeness (QED) is 0.851. The van der Waals surface area contributed by atoms with Crippen LogP contribution in [0.15, 0.2) is 40.2 Å². The standard InChI is InChI=1S/C15H15BrN2O2S/c1-10(19)18-12-4-2-3-11(9-12)15(20)17-8-7-13-5-6-14(16)21-13/h2-6,9H,7-8H2,1H3,(H,17,20)(H,18,19). The molecule has 1 aromatic heterocycles. The SMILES string of the molecule is CC(=O)Nc1cccc(C(=O)NCCc2ccc(Br)s2)c1. The van der Waals surface area contributed by atoms with Gasteiger partial charge in [-0.15, -0.1) is 11.3 Å². The van der Waals surface area contributed by atoms with Crippen LogP contribution in [0.5, 0.6) is 0 Å². The van der Waals surface area contributed by atoms with E-state index in [0.717, 1.165) is 10.2 Å². The second-order valence-electron chi connectivity index (χ2n) is 4.47. The first kappa shape index (κ1) is 15.7. The minimum absolute atomic E-state index is 0.141. The second-order valence-corrected chi connectivity index (χ2v) is 7.02. The van der Waals surface area contributed by atoms with Crippen molar-refractivity contribution in [1.82, 2.24) is 5.32 Å². The van der Waals surface area contributed by atoms with Gasteiger partial charge in [-0.25, -0.2) is 0 Å². The molecule has 21 heavy (non-hydrogen) atoms. The van der Waals surface area contributed by atoms with E-state index >= 15 is 0 Å². The Morgan fingerprint density at radius 3 is 2.71 bits per heavy atom. The summed E-state index contributed by atoms with van der Waals surface area (Å²) < 4.78 is 1.09. The highest BCUT2D eigenvalue weighted by Gasteiger charge is 2.07. The first-order valence-electron chi connectivity index (χ1n) is 6.44. The summed E-state index contributed by atoms with van der Waals surface area (Å²) in [6, 6.07) is 10.9. The number of anilines is 1. The molecule has 4 nitrogen and oxygen atoms in total. The normalized spacial score (nSPS) is 10.2. The Hall–Kier alpha value is -1.66. The number of thiophene rings is 1. The number of halogens is 1. The second kappa shape index (κ2) is 7.38. The van der Waals surface area contributed by atoms with Gasteiger partial charge in [-0.3, -0.25) is 9.59 Å². The monoisotopic (exact) mass is 366 g/mol. The molecule has 1 heterocycles. The number of rotatable bonds is 5. The van der Waals surface area contributed by atoms with Crippen LogP contribution in [0.3, 0.4) is 0 Å². The number of nitrogens with one attached hydrogen (secondary N) is 2. The van der Waals surface area contributed by atoms with Gasteiger partial charge in [-0.05, 0) is 52.7 Å². The van der Waals surface area contributed by atoms with Gasteiger partial charge >= 0.3 is 0 Å².